The van der Waals surface area contributed by atoms with E-state index in [1.807, 2.05) is 57.2 Å². The lowest BCUT2D eigenvalue weighted by molar-refractivity contribution is 0.514. The molecule has 0 aliphatic carbocycles. The number of H-pyrrole nitrogens is 1. The van der Waals surface area contributed by atoms with Crippen molar-refractivity contribution in [1.82, 2.24) is 9.97 Å². The number of aliphatic hydroxyl groups excluding tert-OH is 1. The summed E-state index contributed by atoms with van der Waals surface area (Å²) in [5, 5.41) is 10.4. The Labute approximate surface area is 134 Å². The van der Waals surface area contributed by atoms with Crippen LogP contribution in [-0.4, -0.2) is 15.1 Å². The molecule has 3 rings (SSSR count). The van der Waals surface area contributed by atoms with Crippen LogP contribution in [0.1, 0.15) is 27.9 Å². The van der Waals surface area contributed by atoms with Gasteiger partial charge in [-0.15, -0.1) is 0 Å². The highest BCUT2D eigenvalue weighted by Gasteiger charge is 2.08. The fourth-order valence-corrected chi connectivity index (χ4v) is 2.53. The SMILES string of the molecule is Cc1ccc(C)c(C(O)=Cc2nc3ccc(C)cc3[nH]c2=O)c1. The molecule has 0 radical (unpaired) electrons. The normalized spacial score (nSPS) is 11.9. The number of rotatable bonds is 2. The summed E-state index contributed by atoms with van der Waals surface area (Å²) in [5.74, 6) is 0.0376. The summed E-state index contributed by atoms with van der Waals surface area (Å²) < 4.78 is 0. The first kappa shape index (κ1) is 15.0. The van der Waals surface area contributed by atoms with Crippen LogP contribution in [-0.2, 0) is 0 Å². The molecule has 0 fully saturated rings. The zero-order valence-corrected chi connectivity index (χ0v) is 13.3. The average Bonchev–Trinajstić information content (AvgIpc) is 2.50. The molecule has 2 N–H and O–H groups in total. The van der Waals surface area contributed by atoms with Gasteiger partial charge < -0.3 is 10.1 Å². The Morgan fingerprint density at radius 1 is 1.09 bits per heavy atom. The Morgan fingerprint density at radius 3 is 2.57 bits per heavy atom. The molecule has 0 unspecified atom stereocenters. The van der Waals surface area contributed by atoms with E-state index < -0.39 is 0 Å². The van der Waals surface area contributed by atoms with Crippen LogP contribution in [0.2, 0.25) is 0 Å². The van der Waals surface area contributed by atoms with Gasteiger partial charge in [-0.2, -0.15) is 0 Å². The van der Waals surface area contributed by atoms with Crippen molar-refractivity contribution in [1.29, 1.82) is 0 Å². The maximum absolute atomic E-state index is 12.2. The predicted octanol–water partition coefficient (Wildman–Crippen LogP) is 3.90. The fraction of sp³-hybridized carbons (Fsp3) is 0.158. The fourth-order valence-electron chi connectivity index (χ4n) is 2.53. The maximum Gasteiger partial charge on any atom is 0.274 e. The minimum absolute atomic E-state index is 0.0376. The second kappa shape index (κ2) is 5.72. The highest BCUT2D eigenvalue weighted by atomic mass is 16.3. The van der Waals surface area contributed by atoms with E-state index in [4.69, 9.17) is 0 Å². The van der Waals surface area contributed by atoms with E-state index in [0.717, 1.165) is 16.7 Å². The molecule has 0 atom stereocenters. The molecule has 0 saturated carbocycles. The van der Waals surface area contributed by atoms with Gasteiger partial charge in [0.25, 0.3) is 5.56 Å². The smallest absolute Gasteiger partial charge is 0.274 e. The number of hydrogen-bond donors (Lipinski definition) is 2. The first-order chi connectivity index (χ1) is 10.9. The summed E-state index contributed by atoms with van der Waals surface area (Å²) in [4.78, 5) is 19.4. The Morgan fingerprint density at radius 2 is 1.78 bits per heavy atom. The molecule has 0 bridgehead atoms. The van der Waals surface area contributed by atoms with Gasteiger partial charge in [-0.25, -0.2) is 4.98 Å². The highest BCUT2D eigenvalue weighted by Crippen LogP contribution is 2.20. The molecule has 0 amide bonds. The van der Waals surface area contributed by atoms with E-state index in [2.05, 4.69) is 9.97 Å². The highest BCUT2D eigenvalue weighted by molar-refractivity contribution is 5.80. The first-order valence-corrected chi connectivity index (χ1v) is 7.43. The van der Waals surface area contributed by atoms with Gasteiger partial charge in [0.1, 0.15) is 11.5 Å². The lowest BCUT2D eigenvalue weighted by Crippen LogP contribution is -2.12. The summed E-state index contributed by atoms with van der Waals surface area (Å²) in [6.07, 6.45) is 1.42. The van der Waals surface area contributed by atoms with Crippen LogP contribution in [0.5, 0.6) is 0 Å². The van der Waals surface area contributed by atoms with Crippen molar-refractivity contribution in [3.63, 3.8) is 0 Å². The monoisotopic (exact) mass is 306 g/mol. The molecule has 116 valence electrons. The number of aliphatic hydroxyl groups is 1. The third-order valence-corrected chi connectivity index (χ3v) is 3.82. The summed E-state index contributed by atoms with van der Waals surface area (Å²) >= 11 is 0. The Bertz CT molecular complexity index is 984. The summed E-state index contributed by atoms with van der Waals surface area (Å²) in [7, 11) is 0. The lowest BCUT2D eigenvalue weighted by Gasteiger charge is -2.06. The van der Waals surface area contributed by atoms with Gasteiger partial charge in [0.15, 0.2) is 0 Å². The zero-order chi connectivity index (χ0) is 16.6. The molecule has 4 heteroatoms. The van der Waals surface area contributed by atoms with Crippen molar-refractivity contribution in [2.75, 3.05) is 0 Å². The van der Waals surface area contributed by atoms with Gasteiger partial charge in [0, 0.05) is 11.6 Å². The van der Waals surface area contributed by atoms with E-state index in [1.165, 1.54) is 6.08 Å². The number of nitrogens with one attached hydrogen (secondary N) is 1. The molecule has 1 heterocycles. The van der Waals surface area contributed by atoms with E-state index in [1.54, 1.807) is 0 Å². The Balaban J connectivity index is 2.13. The maximum atomic E-state index is 12.2. The van der Waals surface area contributed by atoms with Gasteiger partial charge >= 0.3 is 0 Å². The van der Waals surface area contributed by atoms with Crippen molar-refractivity contribution >= 4 is 22.9 Å². The van der Waals surface area contributed by atoms with Crippen molar-refractivity contribution in [2.45, 2.75) is 20.8 Å². The van der Waals surface area contributed by atoms with Crippen LogP contribution in [0.25, 0.3) is 22.9 Å². The van der Waals surface area contributed by atoms with Crippen molar-refractivity contribution in [3.05, 3.63) is 74.7 Å². The average molecular weight is 306 g/mol. The Kier molecular flexibility index (Phi) is 3.74. The Hall–Kier alpha value is -2.88. The van der Waals surface area contributed by atoms with Crippen LogP contribution in [0.15, 0.2) is 41.2 Å². The summed E-state index contributed by atoms with van der Waals surface area (Å²) in [6, 6.07) is 11.5. The molecule has 2 aromatic carbocycles. The lowest BCUT2D eigenvalue weighted by atomic mass is 10.0. The molecule has 3 aromatic rings. The minimum Gasteiger partial charge on any atom is -0.507 e. The van der Waals surface area contributed by atoms with Crippen LogP contribution >= 0.6 is 0 Å². The third kappa shape index (κ3) is 3.01. The number of fused-ring (bicyclic) bond motifs is 1. The van der Waals surface area contributed by atoms with Crippen molar-refractivity contribution in [3.8, 4) is 0 Å². The number of aromatic nitrogens is 2. The minimum atomic E-state index is -0.319. The van der Waals surface area contributed by atoms with E-state index in [-0.39, 0.29) is 17.0 Å². The molecule has 1 aromatic heterocycles. The number of nitrogens with zero attached hydrogens (tertiary/aromatic N) is 1. The number of aryl methyl sites for hydroxylation is 3. The molecule has 0 spiro atoms. The molecule has 0 aliphatic heterocycles. The third-order valence-electron chi connectivity index (χ3n) is 3.82. The number of hydrogen-bond acceptors (Lipinski definition) is 3. The second-order valence-electron chi connectivity index (χ2n) is 5.82. The van der Waals surface area contributed by atoms with Crippen LogP contribution in [0.3, 0.4) is 0 Å². The quantitative estimate of drug-likeness (QED) is 0.706. The van der Waals surface area contributed by atoms with E-state index in [9.17, 15) is 9.90 Å². The van der Waals surface area contributed by atoms with Crippen molar-refractivity contribution in [2.24, 2.45) is 0 Å². The zero-order valence-electron chi connectivity index (χ0n) is 13.3. The summed E-state index contributed by atoms with van der Waals surface area (Å²) in [6.45, 7) is 5.83. The van der Waals surface area contributed by atoms with Crippen LogP contribution in [0, 0.1) is 20.8 Å². The molecule has 0 aliphatic rings. The topological polar surface area (TPSA) is 66.0 Å². The summed E-state index contributed by atoms with van der Waals surface area (Å²) in [5.41, 5.74) is 5.00. The molecular formula is C19H18N2O2. The number of benzene rings is 2. The molecule has 4 nitrogen and oxygen atoms in total. The molecular weight excluding hydrogens is 288 g/mol. The van der Waals surface area contributed by atoms with Gasteiger partial charge in [-0.1, -0.05) is 23.8 Å². The second-order valence-corrected chi connectivity index (χ2v) is 5.82. The van der Waals surface area contributed by atoms with Gasteiger partial charge in [-0.05, 0) is 50.1 Å². The van der Waals surface area contributed by atoms with Crippen LogP contribution < -0.4 is 5.56 Å². The molecule has 23 heavy (non-hydrogen) atoms. The van der Waals surface area contributed by atoms with E-state index in [0.29, 0.717) is 16.6 Å². The van der Waals surface area contributed by atoms with Gasteiger partial charge in [0.2, 0.25) is 0 Å². The van der Waals surface area contributed by atoms with E-state index >= 15 is 0 Å². The van der Waals surface area contributed by atoms with Crippen molar-refractivity contribution < 1.29 is 5.11 Å². The van der Waals surface area contributed by atoms with Gasteiger partial charge in [0.05, 0.1) is 11.0 Å². The largest absolute Gasteiger partial charge is 0.507 e. The predicted molar refractivity (Wildman–Crippen MR) is 93.5 cm³/mol. The van der Waals surface area contributed by atoms with Gasteiger partial charge in [-0.3, -0.25) is 4.79 Å². The standard InChI is InChI=1S/C19H18N2O2/c1-11-4-6-13(3)14(8-11)18(22)10-17-19(23)21-16-9-12(2)5-7-15(16)20-17/h4-10,22H,1-3H3,(H,21,23). The first-order valence-electron chi connectivity index (χ1n) is 7.43. The van der Waals surface area contributed by atoms with Crippen LogP contribution in [0.4, 0.5) is 0 Å². The number of aromatic amines is 1. The molecule has 0 saturated heterocycles.